The molecule has 0 unspecified atom stereocenters. The van der Waals surface area contributed by atoms with Gasteiger partial charge in [0.2, 0.25) is 15.9 Å². The fraction of sp³-hybridized carbons (Fsp3) is 0.409. The van der Waals surface area contributed by atoms with Crippen molar-refractivity contribution >= 4 is 33.2 Å². The van der Waals surface area contributed by atoms with Crippen molar-refractivity contribution < 1.29 is 13.2 Å². The first kappa shape index (κ1) is 22.6. The summed E-state index contributed by atoms with van der Waals surface area (Å²) in [5, 5.41) is 0.442. The van der Waals surface area contributed by atoms with Crippen molar-refractivity contribution in [2.24, 2.45) is 11.7 Å². The highest BCUT2D eigenvalue weighted by Gasteiger charge is 2.35. The maximum Gasteiger partial charge on any atom is 0.244 e. The van der Waals surface area contributed by atoms with Gasteiger partial charge in [-0.05, 0) is 60.2 Å². The van der Waals surface area contributed by atoms with Crippen molar-refractivity contribution in [2.45, 2.75) is 44.2 Å². The number of halogens is 1. The molecule has 1 atom stereocenters. The number of anilines is 1. The standard InChI is InChI=1S/C22H28ClN3O3S/c1-15(2)12-21(22(24)27)26(30(28,29)19-7-5-18(23)6-8-19)14-16-4-9-20-17(13-16)10-11-25(20)3/h4-9,13,15,21H,10-12,14H2,1-3H3,(H2,24,27)/t21-/m1/s1. The van der Waals surface area contributed by atoms with Crippen LogP contribution >= 0.6 is 11.6 Å². The molecule has 3 rings (SSSR count). The summed E-state index contributed by atoms with van der Waals surface area (Å²) in [7, 11) is -1.93. The van der Waals surface area contributed by atoms with E-state index in [-0.39, 0.29) is 17.4 Å². The second-order valence-corrected chi connectivity index (χ2v) is 10.5. The number of carbonyl (C=O) groups is 1. The van der Waals surface area contributed by atoms with Gasteiger partial charge < -0.3 is 10.6 Å². The van der Waals surface area contributed by atoms with Crippen molar-refractivity contribution in [3.8, 4) is 0 Å². The number of hydrogen-bond donors (Lipinski definition) is 1. The van der Waals surface area contributed by atoms with E-state index in [1.165, 1.54) is 34.1 Å². The molecule has 0 radical (unpaired) electrons. The van der Waals surface area contributed by atoms with Crippen LogP contribution in [-0.2, 0) is 27.8 Å². The van der Waals surface area contributed by atoms with E-state index in [0.717, 1.165) is 24.2 Å². The Balaban J connectivity index is 2.03. The SMILES string of the molecule is CC(C)C[C@H](C(N)=O)N(Cc1ccc2c(c1)CCN2C)S(=O)(=O)c1ccc(Cl)cc1. The van der Waals surface area contributed by atoms with Crippen LogP contribution < -0.4 is 10.6 Å². The first-order chi connectivity index (χ1) is 14.1. The third-order valence-electron chi connectivity index (χ3n) is 5.40. The fourth-order valence-electron chi connectivity index (χ4n) is 3.83. The number of nitrogens with zero attached hydrogens (tertiary/aromatic N) is 2. The number of carbonyl (C=O) groups excluding carboxylic acids is 1. The van der Waals surface area contributed by atoms with Gasteiger partial charge in [0.25, 0.3) is 0 Å². The highest BCUT2D eigenvalue weighted by atomic mass is 35.5. The van der Waals surface area contributed by atoms with Crippen LogP contribution in [0.1, 0.15) is 31.4 Å². The van der Waals surface area contributed by atoms with Gasteiger partial charge in [-0.1, -0.05) is 37.6 Å². The average molecular weight is 450 g/mol. The second-order valence-electron chi connectivity index (χ2n) is 8.19. The van der Waals surface area contributed by atoms with Crippen molar-refractivity contribution in [2.75, 3.05) is 18.5 Å². The number of hydrogen-bond acceptors (Lipinski definition) is 4. The topological polar surface area (TPSA) is 83.7 Å². The van der Waals surface area contributed by atoms with Crippen LogP contribution in [0.5, 0.6) is 0 Å². The molecule has 0 saturated heterocycles. The molecule has 1 heterocycles. The largest absolute Gasteiger partial charge is 0.374 e. The average Bonchev–Trinajstić information content (AvgIpc) is 3.04. The van der Waals surface area contributed by atoms with Crippen molar-refractivity contribution in [1.29, 1.82) is 0 Å². The Bertz CT molecular complexity index is 1020. The first-order valence-corrected chi connectivity index (χ1v) is 11.8. The maximum absolute atomic E-state index is 13.5. The zero-order chi connectivity index (χ0) is 22.1. The Morgan fingerprint density at radius 1 is 1.20 bits per heavy atom. The quantitative estimate of drug-likeness (QED) is 0.669. The third-order valence-corrected chi connectivity index (χ3v) is 7.52. The van der Waals surface area contributed by atoms with Gasteiger partial charge in [0.1, 0.15) is 6.04 Å². The van der Waals surface area contributed by atoms with Crippen LogP contribution in [0.3, 0.4) is 0 Å². The molecule has 0 aliphatic carbocycles. The minimum atomic E-state index is -3.97. The van der Waals surface area contributed by atoms with Gasteiger partial charge in [0.05, 0.1) is 4.90 Å². The van der Waals surface area contributed by atoms with E-state index in [1.807, 2.05) is 39.1 Å². The molecular weight excluding hydrogens is 422 g/mol. The lowest BCUT2D eigenvalue weighted by Crippen LogP contribution is -2.48. The van der Waals surface area contributed by atoms with Crippen molar-refractivity contribution in [3.63, 3.8) is 0 Å². The predicted molar refractivity (Wildman–Crippen MR) is 120 cm³/mol. The Kier molecular flexibility index (Phi) is 6.75. The highest BCUT2D eigenvalue weighted by Crippen LogP contribution is 2.30. The lowest BCUT2D eigenvalue weighted by Gasteiger charge is -2.30. The predicted octanol–water partition coefficient (Wildman–Crippen LogP) is 3.42. The highest BCUT2D eigenvalue weighted by molar-refractivity contribution is 7.89. The van der Waals surface area contributed by atoms with Gasteiger partial charge in [0.15, 0.2) is 0 Å². The minimum Gasteiger partial charge on any atom is -0.374 e. The van der Waals surface area contributed by atoms with Crippen molar-refractivity contribution in [3.05, 3.63) is 58.6 Å². The summed E-state index contributed by atoms with van der Waals surface area (Å²) in [5.41, 5.74) is 8.84. The van der Waals surface area contributed by atoms with Gasteiger partial charge in [0, 0.05) is 30.8 Å². The number of primary amides is 1. The zero-order valence-corrected chi connectivity index (χ0v) is 19.1. The molecule has 0 fully saturated rings. The number of fused-ring (bicyclic) bond motifs is 1. The molecule has 8 heteroatoms. The molecule has 1 aliphatic heterocycles. The molecule has 0 spiro atoms. The molecule has 0 bridgehead atoms. The number of sulfonamides is 1. The Hall–Kier alpha value is -2.09. The number of benzene rings is 2. The van der Waals surface area contributed by atoms with E-state index in [2.05, 4.69) is 4.90 Å². The summed E-state index contributed by atoms with van der Waals surface area (Å²) < 4.78 is 28.3. The Morgan fingerprint density at radius 2 is 1.87 bits per heavy atom. The van der Waals surface area contributed by atoms with Gasteiger partial charge in [-0.2, -0.15) is 4.31 Å². The van der Waals surface area contributed by atoms with Crippen LogP contribution in [0.2, 0.25) is 5.02 Å². The Labute approximate surface area is 183 Å². The molecule has 2 aromatic carbocycles. The van der Waals surface area contributed by atoms with E-state index < -0.39 is 22.0 Å². The summed E-state index contributed by atoms with van der Waals surface area (Å²) in [6.07, 6.45) is 1.25. The molecule has 162 valence electrons. The summed E-state index contributed by atoms with van der Waals surface area (Å²) in [5.74, 6) is -0.554. The minimum absolute atomic E-state index is 0.0717. The summed E-state index contributed by atoms with van der Waals surface area (Å²) in [4.78, 5) is 14.6. The number of nitrogens with two attached hydrogens (primary N) is 1. The van der Waals surface area contributed by atoms with Gasteiger partial charge in [-0.3, -0.25) is 4.79 Å². The molecule has 2 aromatic rings. The summed E-state index contributed by atoms with van der Waals surface area (Å²) in [6.45, 7) is 4.88. The van der Waals surface area contributed by atoms with Crippen LogP contribution in [0, 0.1) is 5.92 Å². The lowest BCUT2D eigenvalue weighted by molar-refractivity contribution is -0.122. The third kappa shape index (κ3) is 4.79. The zero-order valence-electron chi connectivity index (χ0n) is 17.5. The molecule has 30 heavy (non-hydrogen) atoms. The van der Waals surface area contributed by atoms with E-state index in [9.17, 15) is 13.2 Å². The molecule has 2 N–H and O–H groups in total. The van der Waals surface area contributed by atoms with Gasteiger partial charge in [-0.15, -0.1) is 0 Å². The molecule has 1 amide bonds. The number of likely N-dealkylation sites (N-methyl/N-ethyl adjacent to an activating group) is 1. The Morgan fingerprint density at radius 3 is 2.47 bits per heavy atom. The van der Waals surface area contributed by atoms with Crippen LogP contribution in [-0.4, -0.2) is 38.3 Å². The second kappa shape index (κ2) is 8.96. The van der Waals surface area contributed by atoms with Crippen LogP contribution in [0.4, 0.5) is 5.69 Å². The number of amides is 1. The molecule has 0 aromatic heterocycles. The monoisotopic (exact) mass is 449 g/mol. The van der Waals surface area contributed by atoms with Crippen molar-refractivity contribution in [1.82, 2.24) is 4.31 Å². The molecular formula is C22H28ClN3O3S. The first-order valence-electron chi connectivity index (χ1n) is 9.99. The van der Waals surface area contributed by atoms with Crippen LogP contribution in [0.15, 0.2) is 47.4 Å². The summed E-state index contributed by atoms with van der Waals surface area (Å²) >= 11 is 5.93. The van der Waals surface area contributed by atoms with Crippen LogP contribution in [0.25, 0.3) is 0 Å². The van der Waals surface area contributed by atoms with E-state index in [1.54, 1.807) is 0 Å². The van der Waals surface area contributed by atoms with E-state index in [0.29, 0.717) is 11.4 Å². The molecule has 1 aliphatic rings. The normalized spacial score (nSPS) is 14.9. The molecule has 0 saturated carbocycles. The van der Waals surface area contributed by atoms with Gasteiger partial charge in [-0.25, -0.2) is 8.42 Å². The maximum atomic E-state index is 13.5. The van der Waals surface area contributed by atoms with E-state index >= 15 is 0 Å². The summed E-state index contributed by atoms with van der Waals surface area (Å²) in [6, 6.07) is 11.0. The molecule has 6 nitrogen and oxygen atoms in total. The fourth-order valence-corrected chi connectivity index (χ4v) is 5.55. The number of rotatable bonds is 8. The lowest BCUT2D eigenvalue weighted by atomic mass is 10.0. The smallest absolute Gasteiger partial charge is 0.244 e. The van der Waals surface area contributed by atoms with E-state index in [4.69, 9.17) is 17.3 Å². The van der Waals surface area contributed by atoms with Gasteiger partial charge >= 0.3 is 0 Å².